The van der Waals surface area contributed by atoms with Crippen molar-refractivity contribution in [1.29, 1.82) is 0 Å². The van der Waals surface area contributed by atoms with E-state index >= 15 is 0 Å². The van der Waals surface area contributed by atoms with Gasteiger partial charge in [0.1, 0.15) is 12.1 Å². The molecular formula is C45H60N8O8S2+2. The molecule has 0 saturated carbocycles. The number of amides is 4. The number of likely N-dealkylation sites (N-methyl/N-ethyl adjacent to an activating group) is 1. The number of rotatable bonds is 10. The van der Waals surface area contributed by atoms with Gasteiger partial charge in [0.25, 0.3) is 0 Å². The van der Waals surface area contributed by atoms with E-state index in [1.165, 1.54) is 40.0 Å². The molecule has 7 atom stereocenters. The highest BCUT2D eigenvalue weighted by Crippen LogP contribution is 2.49. The number of ether oxygens (including phenoxy) is 4. The summed E-state index contributed by atoms with van der Waals surface area (Å²) in [5.41, 5.74) is 4.70. The van der Waals surface area contributed by atoms with Gasteiger partial charge >= 0.3 is 18.1 Å². The van der Waals surface area contributed by atoms with Gasteiger partial charge in [-0.15, -0.1) is 23.1 Å². The highest BCUT2D eigenvalue weighted by atomic mass is 32.2. The Bertz CT molecular complexity index is 2350. The minimum Gasteiger partial charge on any atom is -0.453 e. The number of quaternary nitrogens is 2. The average molecular weight is 905 g/mol. The predicted molar refractivity (Wildman–Crippen MR) is 238 cm³/mol. The molecule has 338 valence electrons. The first kappa shape index (κ1) is 43.9. The van der Waals surface area contributed by atoms with Gasteiger partial charge in [0.15, 0.2) is 23.6 Å². The molecule has 63 heavy (non-hydrogen) atoms. The van der Waals surface area contributed by atoms with Crippen LogP contribution < -0.4 is 25.3 Å². The fourth-order valence-electron chi connectivity index (χ4n) is 10.9. The first-order chi connectivity index (χ1) is 30.6. The lowest BCUT2D eigenvalue weighted by Crippen LogP contribution is -3.14. The monoisotopic (exact) mass is 904 g/mol. The van der Waals surface area contributed by atoms with Crippen LogP contribution >= 0.6 is 23.1 Å². The van der Waals surface area contributed by atoms with Gasteiger partial charge in [0.05, 0.1) is 43.7 Å². The number of carbonyl (C=O) groups excluding carboxylic acids is 4. The molecule has 6 aliphatic heterocycles. The van der Waals surface area contributed by atoms with Crippen LogP contribution in [0.3, 0.4) is 0 Å². The van der Waals surface area contributed by atoms with Crippen molar-refractivity contribution in [2.45, 2.75) is 94.6 Å². The number of aromatic nitrogens is 2. The Hall–Kier alpha value is -4.33. The van der Waals surface area contributed by atoms with E-state index in [0.717, 1.165) is 76.3 Å². The average Bonchev–Trinajstić information content (AvgIpc) is 4.17. The lowest BCUT2D eigenvalue weighted by atomic mass is 9.87. The number of fused-ring (bicyclic) bond motifs is 2. The smallest absolute Gasteiger partial charge is 0.410 e. The van der Waals surface area contributed by atoms with Crippen LogP contribution in [0, 0.1) is 17.8 Å². The zero-order chi connectivity index (χ0) is 43.9. The van der Waals surface area contributed by atoms with E-state index < -0.39 is 24.3 Å². The first-order valence-corrected chi connectivity index (χ1v) is 24.1. The van der Waals surface area contributed by atoms with E-state index in [4.69, 9.17) is 28.9 Å². The minimum atomic E-state index is -0.669. The summed E-state index contributed by atoms with van der Waals surface area (Å²) in [6, 6.07) is 0.763. The summed E-state index contributed by atoms with van der Waals surface area (Å²) in [4.78, 5) is 73.6. The molecular weight excluding hydrogens is 845 g/mol. The Balaban J connectivity index is 0.889. The number of hydrogen-bond acceptors (Lipinski definition) is 12. The summed E-state index contributed by atoms with van der Waals surface area (Å²) in [5, 5.41) is 6.51. The highest BCUT2D eigenvalue weighted by Gasteiger charge is 2.47. The van der Waals surface area contributed by atoms with Gasteiger partial charge in [-0.2, -0.15) is 0 Å². The van der Waals surface area contributed by atoms with Crippen molar-refractivity contribution in [3.8, 4) is 0 Å². The molecule has 7 unspecified atom stereocenters. The fraction of sp³-hybridized carbons (Fsp3) is 0.600. The standard InChI is InChI=1S/C45H58N8O8S2/c1-24-28-20-34(30-22-46-40(48-30)32-8-6-14-52(32)42(54)36(50-44(56)58-4)26-10-16-60-17-11-26)62-38(28)25(2)29-21-35(63-39(24)29)31-23-47-41(49-31)33-9-7-15-53(33)43(55)37(51(3)45(57)59-5)27-12-18-61-19-13-27/h20-23,26-27,29,32-33,36-37,39H,6-19H2,1-5H3,(H,46,48)(H,47,49)(H,50,56)/p+2. The van der Waals surface area contributed by atoms with Crippen LogP contribution in [-0.4, -0.2) is 134 Å². The molecule has 2 aromatic rings. The van der Waals surface area contributed by atoms with Gasteiger partial charge in [0.2, 0.25) is 11.7 Å². The number of aromatic amines is 1. The van der Waals surface area contributed by atoms with Crippen LogP contribution in [0.1, 0.15) is 87.7 Å². The number of thioether (sulfide) groups is 1. The molecule has 5 N–H and O–H groups in total. The molecule has 0 radical (unpaired) electrons. The van der Waals surface area contributed by atoms with Crippen LogP contribution in [0.2, 0.25) is 0 Å². The number of allylic oxidation sites excluding steroid dienone is 1. The van der Waals surface area contributed by atoms with Crippen molar-refractivity contribution in [3.05, 3.63) is 50.7 Å². The van der Waals surface area contributed by atoms with Gasteiger partial charge in [-0.3, -0.25) is 19.9 Å². The summed E-state index contributed by atoms with van der Waals surface area (Å²) in [6.07, 6.45) is 11.4. The van der Waals surface area contributed by atoms with E-state index in [2.05, 4.69) is 41.6 Å². The van der Waals surface area contributed by atoms with E-state index in [1.807, 2.05) is 29.1 Å². The second kappa shape index (κ2) is 18.6. The zero-order valence-electron chi connectivity index (χ0n) is 36.8. The lowest BCUT2D eigenvalue weighted by molar-refractivity contribution is -0.842. The molecule has 0 aromatic carbocycles. The maximum Gasteiger partial charge on any atom is 0.410 e. The normalized spacial score (nSPS) is 27.3. The number of carbonyl (C=O) groups is 4. The minimum absolute atomic E-state index is 0.0108. The quantitative estimate of drug-likeness (QED) is 0.274. The number of nitrogens with one attached hydrogen (secondary N) is 3. The van der Waals surface area contributed by atoms with Crippen molar-refractivity contribution < 1.29 is 48.3 Å². The Labute approximate surface area is 375 Å². The molecule has 2 aromatic heterocycles. The molecule has 4 amide bonds. The molecule has 18 heteroatoms. The van der Waals surface area contributed by atoms with Crippen LogP contribution in [0.25, 0.3) is 21.7 Å². The van der Waals surface area contributed by atoms with Crippen LogP contribution in [0.5, 0.6) is 0 Å². The number of hydrogen-bond donors (Lipinski definition) is 4. The Morgan fingerprint density at radius 1 is 1.00 bits per heavy atom. The largest absolute Gasteiger partial charge is 0.453 e. The molecule has 4 saturated heterocycles. The van der Waals surface area contributed by atoms with E-state index in [9.17, 15) is 19.2 Å². The van der Waals surface area contributed by atoms with Crippen molar-refractivity contribution in [2.75, 3.05) is 60.8 Å². The summed E-state index contributed by atoms with van der Waals surface area (Å²) < 4.78 is 22.4. The van der Waals surface area contributed by atoms with Crippen molar-refractivity contribution in [2.24, 2.45) is 22.7 Å². The number of H-pyrrole nitrogens is 1. The summed E-state index contributed by atoms with van der Waals surface area (Å²) in [5.74, 6) is 1.85. The number of alkyl carbamates (subject to hydrolysis) is 1. The molecule has 8 heterocycles. The van der Waals surface area contributed by atoms with Gasteiger partial charge in [0, 0.05) is 73.5 Å². The molecule has 0 spiro atoms. The summed E-state index contributed by atoms with van der Waals surface area (Å²) in [6.45, 7) is 8.11. The number of methoxy groups -OCH3 is 2. The predicted octanol–water partition coefficient (Wildman–Crippen LogP) is 1.75. The van der Waals surface area contributed by atoms with Crippen molar-refractivity contribution >= 4 is 74.7 Å². The number of amidine groups is 1. The Morgan fingerprint density at radius 3 is 2.48 bits per heavy atom. The maximum atomic E-state index is 14.4. The third-order valence-corrected chi connectivity index (χ3v) is 17.2. The van der Waals surface area contributed by atoms with Gasteiger partial charge in [-0.05, 0) is 81.1 Å². The summed E-state index contributed by atoms with van der Waals surface area (Å²) in [7, 11) is 4.35. The van der Waals surface area contributed by atoms with Crippen LogP contribution in [0.15, 0.2) is 29.5 Å². The molecule has 4 fully saturated rings. The molecule has 9 rings (SSSR count). The molecule has 1 aliphatic carbocycles. The second-order valence-corrected chi connectivity index (χ2v) is 20.1. The van der Waals surface area contributed by atoms with Gasteiger partial charge < -0.3 is 34.1 Å². The third kappa shape index (κ3) is 8.42. The molecule has 7 aliphatic rings. The fourth-order valence-corrected chi connectivity index (χ4v) is 13.6. The SMILES string of the molecule is COC(=O)NC(C(=O)N1CCCC1C1=NC=C(c2cc3c(s2)=C(C)C2C=C(c4cnc(C5CCC[NH+]5C(=O)C(C5CCOCC5)N(C)C(=O)OC)[nH]4)SC2C=3C)[NH2+]1)C1CCOCC1. The Morgan fingerprint density at radius 2 is 1.75 bits per heavy atom. The lowest BCUT2D eigenvalue weighted by Gasteiger charge is -2.35. The molecule has 0 bridgehead atoms. The summed E-state index contributed by atoms with van der Waals surface area (Å²) >= 11 is 3.67. The zero-order valence-corrected chi connectivity index (χ0v) is 38.4. The van der Waals surface area contributed by atoms with Gasteiger partial charge in [-0.1, -0.05) is 11.6 Å². The molecule has 16 nitrogen and oxygen atoms in total. The van der Waals surface area contributed by atoms with Crippen LogP contribution in [-0.2, 0) is 28.5 Å². The van der Waals surface area contributed by atoms with E-state index in [-0.39, 0.29) is 46.9 Å². The number of imidazole rings is 1. The third-order valence-electron chi connectivity index (χ3n) is 14.4. The number of nitrogens with two attached hydrogens (primary N) is 1. The number of likely N-dealkylation sites (tertiary alicyclic amines) is 2. The highest BCUT2D eigenvalue weighted by molar-refractivity contribution is 8.09. The van der Waals surface area contributed by atoms with E-state index in [1.54, 1.807) is 18.4 Å². The number of nitrogens with zero attached hydrogens (tertiary/aromatic N) is 4. The topological polar surface area (TPSA) is 186 Å². The first-order valence-electron chi connectivity index (χ1n) is 22.5. The number of aliphatic imine (C=N–C) groups is 1. The van der Waals surface area contributed by atoms with E-state index in [0.29, 0.717) is 52.4 Å². The van der Waals surface area contributed by atoms with Crippen molar-refractivity contribution in [3.63, 3.8) is 0 Å². The Kier molecular flexibility index (Phi) is 13.0. The van der Waals surface area contributed by atoms with Crippen molar-refractivity contribution in [1.82, 2.24) is 25.1 Å². The number of thiophene rings is 1. The maximum absolute atomic E-state index is 14.4. The second-order valence-electron chi connectivity index (χ2n) is 17.8. The van der Waals surface area contributed by atoms with Crippen LogP contribution in [0.4, 0.5) is 9.59 Å². The van der Waals surface area contributed by atoms with Gasteiger partial charge in [-0.25, -0.2) is 24.4 Å².